The normalized spacial score (nSPS) is 13.2. The topological polar surface area (TPSA) is 83.5 Å². The van der Waals surface area contributed by atoms with Gasteiger partial charge >= 0.3 is 12.1 Å². The molecule has 1 atom stereocenters. The van der Waals surface area contributed by atoms with E-state index in [4.69, 9.17) is 0 Å². The molecule has 0 heterocycles. The average Bonchev–Trinajstić information content (AvgIpc) is 2.59. The number of hydrogen-bond acceptors (Lipinski definition) is 3. The first kappa shape index (κ1) is 21.1. The van der Waals surface area contributed by atoms with Crippen molar-refractivity contribution in [2.75, 3.05) is 0 Å². The van der Waals surface area contributed by atoms with Crippen molar-refractivity contribution in [1.29, 1.82) is 0 Å². The first-order valence-corrected chi connectivity index (χ1v) is 9.56. The lowest BCUT2D eigenvalue weighted by atomic mass is 9.99. The van der Waals surface area contributed by atoms with Gasteiger partial charge in [-0.05, 0) is 42.0 Å². The quantitative estimate of drug-likeness (QED) is 0.630. The SMILES string of the molecule is C=C(C(=O)O)C(NS(=O)(=O)c1ccc(Br)cc1)c1ccc(C(F)(F)F)cc1. The number of carboxylic acids is 1. The molecule has 0 spiro atoms. The maximum atomic E-state index is 12.7. The minimum Gasteiger partial charge on any atom is -0.478 e. The average molecular weight is 464 g/mol. The van der Waals surface area contributed by atoms with Crippen LogP contribution < -0.4 is 4.72 Å². The second kappa shape index (κ2) is 7.83. The molecular formula is C17H13BrF3NO4S. The van der Waals surface area contributed by atoms with Gasteiger partial charge in [0.1, 0.15) is 0 Å². The molecular weight excluding hydrogens is 451 g/mol. The van der Waals surface area contributed by atoms with Crippen molar-refractivity contribution in [1.82, 2.24) is 4.72 Å². The van der Waals surface area contributed by atoms with Gasteiger partial charge in [-0.1, -0.05) is 34.6 Å². The van der Waals surface area contributed by atoms with E-state index >= 15 is 0 Å². The number of alkyl halides is 3. The highest BCUT2D eigenvalue weighted by molar-refractivity contribution is 9.10. The molecule has 0 aliphatic heterocycles. The number of rotatable bonds is 6. The maximum Gasteiger partial charge on any atom is 0.416 e. The van der Waals surface area contributed by atoms with Crippen molar-refractivity contribution in [2.45, 2.75) is 17.1 Å². The van der Waals surface area contributed by atoms with Gasteiger partial charge in [0.25, 0.3) is 0 Å². The van der Waals surface area contributed by atoms with E-state index in [0.29, 0.717) is 4.47 Å². The summed E-state index contributed by atoms with van der Waals surface area (Å²) in [5.41, 5.74) is -1.46. The minimum atomic E-state index is -4.57. The van der Waals surface area contributed by atoms with E-state index in [0.717, 1.165) is 24.3 Å². The largest absolute Gasteiger partial charge is 0.478 e. The lowest BCUT2D eigenvalue weighted by Crippen LogP contribution is -2.31. The monoisotopic (exact) mass is 463 g/mol. The van der Waals surface area contributed by atoms with Crippen molar-refractivity contribution in [2.24, 2.45) is 0 Å². The molecule has 0 saturated heterocycles. The molecule has 0 bridgehead atoms. The van der Waals surface area contributed by atoms with Gasteiger partial charge in [-0.15, -0.1) is 0 Å². The van der Waals surface area contributed by atoms with Crippen LogP contribution in [0, 0.1) is 0 Å². The summed E-state index contributed by atoms with van der Waals surface area (Å²) in [5.74, 6) is -1.49. The second-order valence-electron chi connectivity index (χ2n) is 5.46. The standard InChI is InChI=1S/C17H13BrF3NO4S/c1-10(16(23)24)15(11-2-4-12(5-3-11)17(19,20)21)22-27(25,26)14-8-6-13(18)7-9-14/h2-9,15,22H,1H2,(H,23,24). The van der Waals surface area contributed by atoms with Crippen LogP contribution in [0.2, 0.25) is 0 Å². The maximum absolute atomic E-state index is 12.7. The van der Waals surface area contributed by atoms with E-state index in [1.165, 1.54) is 24.3 Å². The Labute approximate surface area is 161 Å². The van der Waals surface area contributed by atoms with Gasteiger partial charge in [0, 0.05) is 4.47 Å². The van der Waals surface area contributed by atoms with Crippen LogP contribution in [-0.4, -0.2) is 19.5 Å². The van der Waals surface area contributed by atoms with Gasteiger partial charge < -0.3 is 5.11 Å². The molecule has 2 aromatic rings. The number of carbonyl (C=O) groups is 1. The molecule has 2 N–H and O–H groups in total. The lowest BCUT2D eigenvalue weighted by molar-refractivity contribution is -0.137. The van der Waals surface area contributed by atoms with E-state index in [2.05, 4.69) is 27.2 Å². The number of hydrogen-bond donors (Lipinski definition) is 2. The summed E-state index contributed by atoms with van der Waals surface area (Å²) in [6, 6.07) is 7.59. The zero-order chi connectivity index (χ0) is 20.4. The van der Waals surface area contributed by atoms with Crippen LogP contribution in [0.25, 0.3) is 0 Å². The molecule has 0 saturated carbocycles. The number of halogens is 4. The van der Waals surface area contributed by atoms with Gasteiger partial charge in [-0.3, -0.25) is 0 Å². The molecule has 2 rings (SSSR count). The van der Waals surface area contributed by atoms with Crippen LogP contribution in [0.3, 0.4) is 0 Å². The summed E-state index contributed by atoms with van der Waals surface area (Å²) in [6.45, 7) is 3.34. The molecule has 0 aliphatic carbocycles. The molecule has 0 aromatic heterocycles. The van der Waals surface area contributed by atoms with E-state index < -0.39 is 39.3 Å². The van der Waals surface area contributed by atoms with Crippen molar-refractivity contribution < 1.29 is 31.5 Å². The molecule has 27 heavy (non-hydrogen) atoms. The van der Waals surface area contributed by atoms with Crippen molar-refractivity contribution in [3.8, 4) is 0 Å². The van der Waals surface area contributed by atoms with Crippen LogP contribution in [0.4, 0.5) is 13.2 Å². The Morgan fingerprint density at radius 2 is 1.59 bits per heavy atom. The first-order chi connectivity index (χ1) is 12.4. The Kier molecular flexibility index (Phi) is 6.13. The Hall–Kier alpha value is -2.17. The highest BCUT2D eigenvalue weighted by Crippen LogP contribution is 2.31. The molecule has 0 aliphatic rings. The molecule has 0 radical (unpaired) electrons. The van der Waals surface area contributed by atoms with E-state index in [9.17, 15) is 31.5 Å². The van der Waals surface area contributed by atoms with Crippen LogP contribution in [0.1, 0.15) is 17.2 Å². The van der Waals surface area contributed by atoms with Gasteiger partial charge in [0.2, 0.25) is 10.0 Å². The predicted molar refractivity (Wildman–Crippen MR) is 95.4 cm³/mol. The molecule has 5 nitrogen and oxygen atoms in total. The van der Waals surface area contributed by atoms with Gasteiger partial charge in [-0.25, -0.2) is 13.2 Å². The number of nitrogens with one attached hydrogen (secondary N) is 1. The van der Waals surface area contributed by atoms with Gasteiger partial charge in [0.05, 0.1) is 22.1 Å². The molecule has 144 valence electrons. The third kappa shape index (κ3) is 5.18. The summed E-state index contributed by atoms with van der Waals surface area (Å²) in [7, 11) is -4.16. The van der Waals surface area contributed by atoms with Crippen molar-refractivity contribution in [3.63, 3.8) is 0 Å². The summed E-state index contributed by atoms with van der Waals surface area (Å²) in [6.07, 6.45) is -4.57. The smallest absolute Gasteiger partial charge is 0.416 e. The number of carboxylic acid groups (broad SMARTS) is 1. The zero-order valence-electron chi connectivity index (χ0n) is 13.5. The summed E-state index contributed by atoms with van der Waals surface area (Å²) in [5, 5.41) is 9.18. The first-order valence-electron chi connectivity index (χ1n) is 7.29. The highest BCUT2D eigenvalue weighted by Gasteiger charge is 2.31. The molecule has 2 aromatic carbocycles. The second-order valence-corrected chi connectivity index (χ2v) is 8.09. The summed E-state index contributed by atoms with van der Waals surface area (Å²) in [4.78, 5) is 11.1. The Bertz CT molecular complexity index is 955. The Morgan fingerprint density at radius 1 is 1.07 bits per heavy atom. The van der Waals surface area contributed by atoms with Gasteiger partial charge in [-0.2, -0.15) is 17.9 Å². The molecule has 0 amide bonds. The molecule has 10 heteroatoms. The minimum absolute atomic E-state index is 0.0103. The van der Waals surface area contributed by atoms with Crippen LogP contribution in [-0.2, 0) is 21.0 Å². The molecule has 0 fully saturated rings. The fraction of sp³-hybridized carbons (Fsp3) is 0.118. The zero-order valence-corrected chi connectivity index (χ0v) is 15.9. The van der Waals surface area contributed by atoms with Crippen molar-refractivity contribution in [3.05, 3.63) is 76.3 Å². The summed E-state index contributed by atoms with van der Waals surface area (Å²) < 4.78 is 66.0. The number of sulfonamides is 1. The molecule has 1 unspecified atom stereocenters. The third-order valence-electron chi connectivity index (χ3n) is 3.59. The van der Waals surface area contributed by atoms with E-state index in [1.807, 2.05) is 0 Å². The number of benzene rings is 2. The Morgan fingerprint density at radius 3 is 2.04 bits per heavy atom. The highest BCUT2D eigenvalue weighted by atomic mass is 79.9. The number of aliphatic carboxylic acids is 1. The van der Waals surface area contributed by atoms with E-state index in [1.54, 1.807) is 0 Å². The fourth-order valence-corrected chi connectivity index (χ4v) is 3.65. The fourth-order valence-electron chi connectivity index (χ4n) is 2.17. The lowest BCUT2D eigenvalue weighted by Gasteiger charge is -2.20. The summed E-state index contributed by atoms with van der Waals surface area (Å²) >= 11 is 3.17. The predicted octanol–water partition coefficient (Wildman–Crippen LogP) is 4.13. The Balaban J connectivity index is 2.42. The third-order valence-corrected chi connectivity index (χ3v) is 5.56. The van der Waals surface area contributed by atoms with E-state index in [-0.39, 0.29) is 10.5 Å². The van der Waals surface area contributed by atoms with Gasteiger partial charge in [0.15, 0.2) is 0 Å². The van der Waals surface area contributed by atoms with Crippen LogP contribution in [0.15, 0.2) is 70.1 Å². The van der Waals surface area contributed by atoms with Crippen LogP contribution in [0.5, 0.6) is 0 Å². The van der Waals surface area contributed by atoms with Crippen molar-refractivity contribution >= 4 is 31.9 Å². The van der Waals surface area contributed by atoms with Crippen LogP contribution >= 0.6 is 15.9 Å².